The molecule has 1 saturated carbocycles. The summed E-state index contributed by atoms with van der Waals surface area (Å²) >= 11 is 0. The van der Waals surface area contributed by atoms with Crippen LogP contribution in [0.4, 0.5) is 0 Å². The van der Waals surface area contributed by atoms with Crippen molar-refractivity contribution in [2.24, 2.45) is 11.3 Å². The summed E-state index contributed by atoms with van der Waals surface area (Å²) in [6, 6.07) is 9.51. The minimum atomic E-state index is -0.920. The third-order valence-corrected chi connectivity index (χ3v) is 7.81. The second-order valence-electron chi connectivity index (χ2n) is 9.36. The quantitative estimate of drug-likeness (QED) is 0.467. The van der Waals surface area contributed by atoms with Gasteiger partial charge in [-0.1, -0.05) is 38.5 Å². The zero-order chi connectivity index (χ0) is 24.5. The summed E-state index contributed by atoms with van der Waals surface area (Å²) in [6.07, 6.45) is 4.36. The fourth-order valence-electron chi connectivity index (χ4n) is 5.65. The molecule has 34 heavy (non-hydrogen) atoms. The van der Waals surface area contributed by atoms with Gasteiger partial charge in [0.25, 0.3) is 0 Å². The Bertz CT molecular complexity index is 1080. The van der Waals surface area contributed by atoms with Crippen LogP contribution < -0.4 is 14.2 Å². The number of carbonyl (C=O) groups excluding carboxylic acids is 1. The van der Waals surface area contributed by atoms with Crippen molar-refractivity contribution in [3.63, 3.8) is 0 Å². The first-order valence-electron chi connectivity index (χ1n) is 12.2. The number of hydrogen-bond donors (Lipinski definition) is 1. The van der Waals surface area contributed by atoms with Gasteiger partial charge >= 0.3 is 5.97 Å². The zero-order valence-electron chi connectivity index (χ0n) is 20.5. The Balaban J connectivity index is 1.91. The molecule has 182 valence electrons. The molecule has 2 aromatic carbocycles. The van der Waals surface area contributed by atoms with Gasteiger partial charge in [-0.15, -0.1) is 0 Å². The number of ketones is 1. The average Bonchev–Trinajstić information content (AvgIpc) is 3.19. The van der Waals surface area contributed by atoms with E-state index in [0.29, 0.717) is 42.9 Å². The highest BCUT2D eigenvalue weighted by Gasteiger charge is 2.54. The predicted octanol–water partition coefficient (Wildman–Crippen LogP) is 5.94. The highest BCUT2D eigenvalue weighted by atomic mass is 16.5. The van der Waals surface area contributed by atoms with Crippen LogP contribution in [0.1, 0.15) is 68.3 Å². The number of benzene rings is 2. The molecule has 1 fully saturated rings. The fraction of sp³-hybridized carbons (Fsp3) is 0.500. The fourth-order valence-corrected chi connectivity index (χ4v) is 5.65. The average molecular weight is 467 g/mol. The lowest BCUT2D eigenvalue weighted by atomic mass is 9.61. The molecule has 2 aliphatic carbocycles. The molecule has 1 unspecified atom stereocenters. The van der Waals surface area contributed by atoms with Crippen molar-refractivity contribution in [3.8, 4) is 28.4 Å². The summed E-state index contributed by atoms with van der Waals surface area (Å²) in [6.45, 7) is 4.16. The Morgan fingerprint density at radius 3 is 2.24 bits per heavy atom. The van der Waals surface area contributed by atoms with Crippen molar-refractivity contribution in [2.45, 2.75) is 64.9 Å². The number of methoxy groups -OCH3 is 2. The molecule has 1 N–H and O–H groups in total. The van der Waals surface area contributed by atoms with E-state index in [9.17, 15) is 14.7 Å². The third kappa shape index (κ3) is 3.83. The number of rotatable bonds is 10. The molecule has 0 spiro atoms. The van der Waals surface area contributed by atoms with E-state index in [1.165, 1.54) is 0 Å². The van der Waals surface area contributed by atoms with Gasteiger partial charge in [-0.2, -0.15) is 0 Å². The monoisotopic (exact) mass is 466 g/mol. The molecule has 0 saturated heterocycles. The van der Waals surface area contributed by atoms with E-state index in [1.807, 2.05) is 30.3 Å². The lowest BCUT2D eigenvalue weighted by molar-refractivity contribution is -0.167. The number of carboxylic acid groups (broad SMARTS) is 1. The van der Waals surface area contributed by atoms with Crippen molar-refractivity contribution in [3.05, 3.63) is 41.5 Å². The van der Waals surface area contributed by atoms with E-state index in [-0.39, 0.29) is 11.7 Å². The van der Waals surface area contributed by atoms with E-state index in [0.717, 1.165) is 41.5 Å². The molecule has 0 aliphatic heterocycles. The van der Waals surface area contributed by atoms with E-state index < -0.39 is 17.5 Å². The molecule has 4 rings (SSSR count). The number of hydrogen-bond acceptors (Lipinski definition) is 5. The molecule has 0 amide bonds. The molecule has 0 aromatic heterocycles. The van der Waals surface area contributed by atoms with Gasteiger partial charge in [0.15, 0.2) is 17.3 Å². The summed E-state index contributed by atoms with van der Waals surface area (Å²) in [5, 5.41) is 10.3. The van der Waals surface area contributed by atoms with Crippen LogP contribution in [0.25, 0.3) is 11.1 Å². The second-order valence-corrected chi connectivity index (χ2v) is 9.36. The van der Waals surface area contributed by atoms with Crippen LogP contribution in [0.15, 0.2) is 30.3 Å². The summed E-state index contributed by atoms with van der Waals surface area (Å²) in [5.74, 6) is 0.866. The molecule has 1 atom stereocenters. The van der Waals surface area contributed by atoms with Gasteiger partial charge in [-0.3, -0.25) is 9.59 Å². The van der Waals surface area contributed by atoms with E-state index in [2.05, 4.69) is 13.8 Å². The van der Waals surface area contributed by atoms with Crippen molar-refractivity contribution in [2.75, 3.05) is 14.2 Å². The Morgan fingerprint density at radius 2 is 1.68 bits per heavy atom. The topological polar surface area (TPSA) is 82.1 Å². The maximum absolute atomic E-state index is 12.5. The highest BCUT2D eigenvalue weighted by molar-refractivity contribution is 6.02. The van der Waals surface area contributed by atoms with Crippen LogP contribution in [0.5, 0.6) is 17.2 Å². The largest absolute Gasteiger partial charge is 0.493 e. The summed E-state index contributed by atoms with van der Waals surface area (Å²) < 4.78 is 18.1. The highest BCUT2D eigenvalue weighted by Crippen LogP contribution is 2.53. The molecule has 6 nitrogen and oxygen atoms in total. The maximum Gasteiger partial charge on any atom is 0.313 e. The smallest absolute Gasteiger partial charge is 0.313 e. The summed E-state index contributed by atoms with van der Waals surface area (Å²) in [4.78, 5) is 24.9. The minimum Gasteiger partial charge on any atom is -0.493 e. The molecule has 2 aliphatic rings. The van der Waals surface area contributed by atoms with E-state index in [1.54, 1.807) is 14.2 Å². The first kappa shape index (κ1) is 24.1. The van der Waals surface area contributed by atoms with Crippen LogP contribution >= 0.6 is 0 Å². The van der Waals surface area contributed by atoms with Crippen molar-refractivity contribution in [1.82, 2.24) is 0 Å². The first-order valence-corrected chi connectivity index (χ1v) is 12.2. The maximum atomic E-state index is 12.5. The molecule has 6 heteroatoms. The predicted molar refractivity (Wildman–Crippen MR) is 130 cm³/mol. The van der Waals surface area contributed by atoms with Crippen LogP contribution in [0.2, 0.25) is 0 Å². The SMILES string of the molecule is CCC(CC)C(Oc1c(-c2cccc3c2CCC3=O)ccc(OC)c1OC)C1(C(=O)O)CCC1. The summed E-state index contributed by atoms with van der Waals surface area (Å²) in [5.41, 5.74) is 2.54. The lowest BCUT2D eigenvalue weighted by Gasteiger charge is -2.46. The number of carboxylic acids is 1. The van der Waals surface area contributed by atoms with Crippen LogP contribution in [0.3, 0.4) is 0 Å². The normalized spacial score (nSPS) is 17.1. The van der Waals surface area contributed by atoms with Gasteiger partial charge in [-0.05, 0) is 61.3 Å². The Hall–Kier alpha value is -3.02. The van der Waals surface area contributed by atoms with Crippen molar-refractivity contribution in [1.29, 1.82) is 0 Å². The van der Waals surface area contributed by atoms with Gasteiger partial charge in [0.05, 0.1) is 14.2 Å². The number of ether oxygens (including phenoxy) is 3. The Labute approximate surface area is 201 Å². The number of aliphatic carboxylic acids is 1. The Morgan fingerprint density at radius 1 is 0.971 bits per heavy atom. The van der Waals surface area contributed by atoms with Gasteiger partial charge in [0.1, 0.15) is 11.5 Å². The Kier molecular flexibility index (Phi) is 6.87. The second kappa shape index (κ2) is 9.69. The minimum absolute atomic E-state index is 0.0724. The van der Waals surface area contributed by atoms with Gasteiger partial charge in [0.2, 0.25) is 5.75 Å². The van der Waals surface area contributed by atoms with Crippen LogP contribution in [-0.2, 0) is 11.2 Å². The third-order valence-electron chi connectivity index (χ3n) is 7.81. The van der Waals surface area contributed by atoms with Gasteiger partial charge < -0.3 is 19.3 Å². The van der Waals surface area contributed by atoms with Crippen molar-refractivity contribution >= 4 is 11.8 Å². The number of Topliss-reactive ketones (excluding diaryl/α,β-unsaturated/α-hetero) is 1. The molecule has 0 radical (unpaired) electrons. The molecular weight excluding hydrogens is 432 g/mol. The zero-order valence-corrected chi connectivity index (χ0v) is 20.5. The summed E-state index contributed by atoms with van der Waals surface area (Å²) in [7, 11) is 3.14. The molecule has 0 heterocycles. The standard InChI is InChI=1S/C28H34O6/c1-5-17(6-2)26(28(27(30)31)15-8-16-28)34-24-21(12-14-23(32-3)25(24)33-4)18-9-7-10-20-19(18)11-13-22(20)29/h7,9-10,12,14,17,26H,5-6,8,11,13,15-16H2,1-4H3,(H,30,31). The van der Waals surface area contributed by atoms with Gasteiger partial charge in [0, 0.05) is 17.5 Å². The lowest BCUT2D eigenvalue weighted by Crippen LogP contribution is -2.53. The van der Waals surface area contributed by atoms with Crippen molar-refractivity contribution < 1.29 is 28.9 Å². The molecule has 0 bridgehead atoms. The number of fused-ring (bicyclic) bond motifs is 1. The number of carbonyl (C=O) groups is 2. The van der Waals surface area contributed by atoms with Gasteiger partial charge in [-0.25, -0.2) is 0 Å². The first-order chi connectivity index (χ1) is 16.4. The van der Waals surface area contributed by atoms with E-state index >= 15 is 0 Å². The van der Waals surface area contributed by atoms with Crippen LogP contribution in [0, 0.1) is 11.3 Å². The molecule has 2 aromatic rings. The van der Waals surface area contributed by atoms with Crippen LogP contribution in [-0.4, -0.2) is 37.2 Å². The van der Waals surface area contributed by atoms with E-state index in [4.69, 9.17) is 14.2 Å². The molecular formula is C28H34O6.